The summed E-state index contributed by atoms with van der Waals surface area (Å²) in [6, 6.07) is -0.206. The van der Waals surface area contributed by atoms with Crippen molar-refractivity contribution in [1.82, 2.24) is 14.5 Å². The summed E-state index contributed by atoms with van der Waals surface area (Å²) < 4.78 is 41.1. The predicted octanol–water partition coefficient (Wildman–Crippen LogP) is 2.74. The molecule has 0 bridgehead atoms. The van der Waals surface area contributed by atoms with Crippen LogP contribution in [0.4, 0.5) is 18.2 Å². The molecule has 0 aromatic carbocycles. The van der Waals surface area contributed by atoms with E-state index in [9.17, 15) is 13.2 Å². The Morgan fingerprint density at radius 1 is 1.39 bits per heavy atom. The standard InChI is InChI=1S/C10H17F3N4S/c1-4-14-9-8(15-16-18-9)5-17(7(2)3)6-10(11,12)13/h7,14H,4-6H2,1-3H3. The number of aromatic nitrogens is 2. The van der Waals surface area contributed by atoms with Gasteiger partial charge in [0.15, 0.2) is 0 Å². The number of hydrogen-bond donors (Lipinski definition) is 1. The Balaban J connectivity index is 2.74. The Morgan fingerprint density at radius 2 is 2.06 bits per heavy atom. The lowest BCUT2D eigenvalue weighted by Crippen LogP contribution is -2.38. The van der Waals surface area contributed by atoms with Crippen molar-refractivity contribution >= 4 is 16.5 Å². The van der Waals surface area contributed by atoms with E-state index in [1.54, 1.807) is 13.8 Å². The zero-order valence-corrected chi connectivity index (χ0v) is 11.4. The molecule has 0 saturated heterocycles. The molecule has 0 spiro atoms. The van der Waals surface area contributed by atoms with E-state index in [1.807, 2.05) is 6.92 Å². The van der Waals surface area contributed by atoms with Gasteiger partial charge in [-0.25, -0.2) is 0 Å². The summed E-state index contributed by atoms with van der Waals surface area (Å²) in [7, 11) is 0. The van der Waals surface area contributed by atoms with E-state index >= 15 is 0 Å². The van der Waals surface area contributed by atoms with Crippen molar-refractivity contribution in [3.63, 3.8) is 0 Å². The van der Waals surface area contributed by atoms with Gasteiger partial charge in [0.25, 0.3) is 0 Å². The van der Waals surface area contributed by atoms with Crippen molar-refractivity contribution in [1.29, 1.82) is 0 Å². The minimum atomic E-state index is -4.20. The minimum absolute atomic E-state index is 0.149. The normalized spacial score (nSPS) is 12.4. The van der Waals surface area contributed by atoms with E-state index in [0.717, 1.165) is 5.00 Å². The van der Waals surface area contributed by atoms with Gasteiger partial charge in [0, 0.05) is 30.7 Å². The number of rotatable bonds is 6. The van der Waals surface area contributed by atoms with Crippen molar-refractivity contribution in [3.05, 3.63) is 5.69 Å². The van der Waals surface area contributed by atoms with Crippen LogP contribution < -0.4 is 5.32 Å². The molecule has 0 aliphatic heterocycles. The number of halogens is 3. The molecule has 1 rings (SSSR count). The zero-order valence-electron chi connectivity index (χ0n) is 10.6. The molecule has 18 heavy (non-hydrogen) atoms. The molecule has 1 N–H and O–H groups in total. The maximum atomic E-state index is 12.5. The average Bonchev–Trinajstić information content (AvgIpc) is 2.63. The molecule has 0 amide bonds. The van der Waals surface area contributed by atoms with Crippen molar-refractivity contribution < 1.29 is 13.2 Å². The summed E-state index contributed by atoms with van der Waals surface area (Å²) in [5, 5.41) is 7.67. The largest absolute Gasteiger partial charge is 0.401 e. The Hall–Kier alpha value is -0.890. The summed E-state index contributed by atoms with van der Waals surface area (Å²) in [4.78, 5) is 1.33. The molecule has 8 heteroatoms. The Kier molecular flexibility index (Phi) is 5.33. The van der Waals surface area contributed by atoms with Gasteiger partial charge in [-0.05, 0) is 20.8 Å². The van der Waals surface area contributed by atoms with Gasteiger partial charge in [0.1, 0.15) is 10.7 Å². The van der Waals surface area contributed by atoms with Crippen LogP contribution in [0.15, 0.2) is 0 Å². The van der Waals surface area contributed by atoms with Crippen LogP contribution in [0.5, 0.6) is 0 Å². The molecule has 1 aromatic heterocycles. The Bertz CT molecular complexity index is 364. The fraction of sp³-hybridized carbons (Fsp3) is 0.800. The highest BCUT2D eigenvalue weighted by atomic mass is 32.1. The van der Waals surface area contributed by atoms with Crippen LogP contribution in [0.2, 0.25) is 0 Å². The first-order chi connectivity index (χ1) is 8.33. The zero-order chi connectivity index (χ0) is 13.8. The maximum absolute atomic E-state index is 12.5. The fourth-order valence-corrected chi connectivity index (χ4v) is 2.09. The van der Waals surface area contributed by atoms with Gasteiger partial charge in [-0.15, -0.1) is 5.10 Å². The molecule has 1 aromatic rings. The monoisotopic (exact) mass is 282 g/mol. The molecule has 0 atom stereocenters. The topological polar surface area (TPSA) is 41.1 Å². The number of anilines is 1. The SMILES string of the molecule is CCNc1snnc1CN(CC(F)(F)F)C(C)C. The van der Waals surface area contributed by atoms with Gasteiger partial charge < -0.3 is 5.32 Å². The smallest absolute Gasteiger partial charge is 0.374 e. The van der Waals surface area contributed by atoms with E-state index in [-0.39, 0.29) is 12.6 Å². The number of alkyl halides is 3. The van der Waals surface area contributed by atoms with Gasteiger partial charge in [0.2, 0.25) is 0 Å². The highest BCUT2D eigenvalue weighted by Gasteiger charge is 2.32. The molecule has 0 aliphatic carbocycles. The predicted molar refractivity (Wildman–Crippen MR) is 65.7 cm³/mol. The van der Waals surface area contributed by atoms with Crippen LogP contribution in [0.1, 0.15) is 26.5 Å². The van der Waals surface area contributed by atoms with Crippen LogP contribution in [0, 0.1) is 0 Å². The van der Waals surface area contributed by atoms with E-state index in [1.165, 1.54) is 16.4 Å². The highest BCUT2D eigenvalue weighted by molar-refractivity contribution is 7.10. The Morgan fingerprint density at radius 3 is 2.56 bits per heavy atom. The van der Waals surface area contributed by atoms with Gasteiger partial charge in [0.05, 0.1) is 6.54 Å². The molecular formula is C10H17F3N4S. The molecule has 0 unspecified atom stereocenters. The van der Waals surface area contributed by atoms with Gasteiger partial charge in [-0.1, -0.05) is 4.49 Å². The first kappa shape index (κ1) is 15.2. The van der Waals surface area contributed by atoms with Crippen molar-refractivity contribution in [3.8, 4) is 0 Å². The number of nitrogens with one attached hydrogen (secondary N) is 1. The van der Waals surface area contributed by atoms with Crippen LogP contribution in [-0.2, 0) is 6.54 Å². The first-order valence-electron chi connectivity index (χ1n) is 5.69. The average molecular weight is 282 g/mol. The second-order valence-corrected chi connectivity index (χ2v) is 4.95. The quantitative estimate of drug-likeness (QED) is 0.871. The molecule has 0 fully saturated rings. The lowest BCUT2D eigenvalue weighted by Gasteiger charge is -2.26. The Labute approximate surface area is 108 Å². The molecular weight excluding hydrogens is 265 g/mol. The van der Waals surface area contributed by atoms with Crippen molar-refractivity contribution in [2.24, 2.45) is 0 Å². The number of hydrogen-bond acceptors (Lipinski definition) is 5. The van der Waals surface area contributed by atoms with Crippen LogP contribution in [-0.4, -0.2) is 39.8 Å². The van der Waals surface area contributed by atoms with Crippen LogP contribution in [0.3, 0.4) is 0 Å². The third-order valence-electron chi connectivity index (χ3n) is 2.36. The van der Waals surface area contributed by atoms with E-state index in [0.29, 0.717) is 12.2 Å². The summed E-state index contributed by atoms with van der Waals surface area (Å²) in [5.74, 6) is 0. The summed E-state index contributed by atoms with van der Waals surface area (Å²) in [6.07, 6.45) is -4.20. The maximum Gasteiger partial charge on any atom is 0.401 e. The highest BCUT2D eigenvalue weighted by Crippen LogP contribution is 2.23. The lowest BCUT2D eigenvalue weighted by atomic mass is 10.3. The van der Waals surface area contributed by atoms with E-state index in [2.05, 4.69) is 14.9 Å². The van der Waals surface area contributed by atoms with Gasteiger partial charge in [-0.3, -0.25) is 4.90 Å². The third-order valence-corrected chi connectivity index (χ3v) is 3.08. The number of nitrogens with zero attached hydrogens (tertiary/aromatic N) is 3. The molecule has 104 valence electrons. The molecule has 0 aliphatic rings. The van der Waals surface area contributed by atoms with Crippen molar-refractivity contribution in [2.75, 3.05) is 18.4 Å². The molecule has 0 saturated carbocycles. The second-order valence-electron chi connectivity index (χ2n) is 4.19. The molecule has 4 nitrogen and oxygen atoms in total. The van der Waals surface area contributed by atoms with Crippen LogP contribution in [0.25, 0.3) is 0 Å². The third kappa shape index (κ3) is 4.77. The molecule has 0 radical (unpaired) electrons. The summed E-state index contributed by atoms with van der Waals surface area (Å²) in [6.45, 7) is 5.29. The second kappa shape index (κ2) is 6.33. The fourth-order valence-electron chi connectivity index (χ4n) is 1.45. The van der Waals surface area contributed by atoms with Gasteiger partial charge in [-0.2, -0.15) is 13.2 Å². The molecule has 1 heterocycles. The first-order valence-corrected chi connectivity index (χ1v) is 6.46. The summed E-state index contributed by atoms with van der Waals surface area (Å²) in [5.41, 5.74) is 0.569. The summed E-state index contributed by atoms with van der Waals surface area (Å²) >= 11 is 1.17. The van der Waals surface area contributed by atoms with E-state index in [4.69, 9.17) is 0 Å². The van der Waals surface area contributed by atoms with Gasteiger partial charge >= 0.3 is 6.18 Å². The van der Waals surface area contributed by atoms with Crippen molar-refractivity contribution in [2.45, 2.75) is 39.5 Å². The van der Waals surface area contributed by atoms with E-state index < -0.39 is 12.7 Å². The van der Waals surface area contributed by atoms with Crippen LogP contribution >= 0.6 is 11.5 Å². The lowest BCUT2D eigenvalue weighted by molar-refractivity contribution is -0.151. The minimum Gasteiger partial charge on any atom is -0.374 e.